The Morgan fingerprint density at radius 1 is 1.55 bits per heavy atom. The molecular weight excluding hydrogens is 256 g/mol. The van der Waals surface area contributed by atoms with E-state index in [4.69, 9.17) is 10.9 Å². The van der Waals surface area contributed by atoms with Crippen LogP contribution in [-0.2, 0) is 11.2 Å². The van der Waals surface area contributed by atoms with E-state index in [1.165, 1.54) is 0 Å². The minimum absolute atomic E-state index is 0.0111. The quantitative estimate of drug-likeness (QED) is 0.322. The van der Waals surface area contributed by atoms with E-state index < -0.39 is 5.41 Å². The molecule has 1 fully saturated rings. The highest BCUT2D eigenvalue weighted by molar-refractivity contribution is 6.07. The summed E-state index contributed by atoms with van der Waals surface area (Å²) in [5, 5.41) is 14.8. The number of aromatic nitrogens is 1. The van der Waals surface area contributed by atoms with Crippen LogP contribution in [0.5, 0.6) is 0 Å². The van der Waals surface area contributed by atoms with Gasteiger partial charge in [0.1, 0.15) is 5.41 Å². The van der Waals surface area contributed by atoms with Gasteiger partial charge in [-0.15, -0.1) is 0 Å². The molecule has 0 unspecified atom stereocenters. The Hall–Kier alpha value is -2.11. The molecule has 0 bridgehead atoms. The van der Waals surface area contributed by atoms with Gasteiger partial charge in [0.2, 0.25) is 5.91 Å². The van der Waals surface area contributed by atoms with Crippen LogP contribution >= 0.6 is 0 Å². The highest BCUT2D eigenvalue weighted by Crippen LogP contribution is 2.45. The summed E-state index contributed by atoms with van der Waals surface area (Å²) in [6.07, 6.45) is 5.44. The number of carbonyl (C=O) groups excluding carboxylic acids is 1. The predicted octanol–water partition coefficient (Wildman–Crippen LogP) is 0.903. The third-order valence-electron chi connectivity index (χ3n) is 3.88. The van der Waals surface area contributed by atoms with Crippen molar-refractivity contribution in [2.45, 2.75) is 26.2 Å². The minimum Gasteiger partial charge on any atom is -0.409 e. The van der Waals surface area contributed by atoms with Crippen molar-refractivity contribution in [3.05, 3.63) is 30.1 Å². The number of amidine groups is 1. The Morgan fingerprint density at radius 2 is 2.20 bits per heavy atom. The molecule has 1 heterocycles. The lowest BCUT2D eigenvalue weighted by molar-refractivity contribution is -0.133. The van der Waals surface area contributed by atoms with Crippen LogP contribution in [0.15, 0.2) is 29.7 Å². The molecule has 2 rings (SSSR count). The van der Waals surface area contributed by atoms with Gasteiger partial charge in [0.15, 0.2) is 5.84 Å². The summed E-state index contributed by atoms with van der Waals surface area (Å²) >= 11 is 0. The molecule has 108 valence electrons. The van der Waals surface area contributed by atoms with Crippen molar-refractivity contribution in [3.63, 3.8) is 0 Å². The minimum atomic E-state index is -0.827. The van der Waals surface area contributed by atoms with Crippen LogP contribution < -0.4 is 11.1 Å². The molecule has 1 aliphatic carbocycles. The molecule has 6 heteroatoms. The van der Waals surface area contributed by atoms with Crippen molar-refractivity contribution in [3.8, 4) is 0 Å². The van der Waals surface area contributed by atoms with Crippen molar-refractivity contribution in [1.29, 1.82) is 0 Å². The number of rotatable bonds is 5. The number of nitrogens with two attached hydrogens (primary N) is 1. The third-order valence-corrected chi connectivity index (χ3v) is 3.88. The van der Waals surface area contributed by atoms with Gasteiger partial charge in [-0.2, -0.15) is 0 Å². The van der Waals surface area contributed by atoms with Crippen LogP contribution in [0.3, 0.4) is 0 Å². The van der Waals surface area contributed by atoms with E-state index in [0.717, 1.165) is 12.0 Å². The van der Waals surface area contributed by atoms with Crippen molar-refractivity contribution in [1.82, 2.24) is 10.3 Å². The molecule has 0 aliphatic heterocycles. The first-order valence-electron chi connectivity index (χ1n) is 6.73. The van der Waals surface area contributed by atoms with Crippen LogP contribution in [-0.4, -0.2) is 28.5 Å². The van der Waals surface area contributed by atoms with Gasteiger partial charge in [-0.25, -0.2) is 0 Å². The van der Waals surface area contributed by atoms with Gasteiger partial charge in [0.25, 0.3) is 0 Å². The van der Waals surface area contributed by atoms with Crippen molar-refractivity contribution in [2.24, 2.45) is 22.2 Å². The number of nitrogens with zero attached hydrogens (tertiary/aromatic N) is 2. The van der Waals surface area contributed by atoms with Crippen molar-refractivity contribution in [2.75, 3.05) is 6.54 Å². The molecule has 0 saturated heterocycles. The SMILES string of the molecule is CC1CC(C(=O)NCCc2ccncc2)(/C(N)=N/O)C1. The van der Waals surface area contributed by atoms with E-state index in [2.05, 4.69) is 15.5 Å². The molecule has 1 aromatic heterocycles. The van der Waals surface area contributed by atoms with Crippen molar-refractivity contribution < 1.29 is 10.0 Å². The Balaban J connectivity index is 1.90. The van der Waals surface area contributed by atoms with Gasteiger partial charge in [-0.05, 0) is 42.9 Å². The molecular formula is C14H20N4O2. The standard InChI is InChI=1S/C14H20N4O2/c1-10-8-14(9-10,12(15)18-20)13(19)17-7-4-11-2-5-16-6-3-11/h2-3,5-6,10,20H,4,7-9H2,1H3,(H2,15,18)(H,17,19). The largest absolute Gasteiger partial charge is 0.409 e. The maximum atomic E-state index is 12.3. The summed E-state index contributed by atoms with van der Waals surface area (Å²) < 4.78 is 0. The molecule has 1 aliphatic rings. The lowest BCUT2D eigenvalue weighted by atomic mass is 9.61. The van der Waals surface area contributed by atoms with Gasteiger partial charge in [-0.3, -0.25) is 9.78 Å². The second-order valence-electron chi connectivity index (χ2n) is 5.44. The normalized spacial score (nSPS) is 25.9. The van der Waals surface area contributed by atoms with E-state index in [1.807, 2.05) is 19.1 Å². The maximum Gasteiger partial charge on any atom is 0.233 e. The number of oxime groups is 1. The van der Waals surface area contributed by atoms with Gasteiger partial charge in [0, 0.05) is 18.9 Å². The van der Waals surface area contributed by atoms with E-state index in [1.54, 1.807) is 12.4 Å². The Morgan fingerprint density at radius 3 is 2.75 bits per heavy atom. The third kappa shape index (κ3) is 2.74. The molecule has 1 saturated carbocycles. The van der Waals surface area contributed by atoms with Gasteiger partial charge >= 0.3 is 0 Å². The molecule has 1 amide bonds. The van der Waals surface area contributed by atoms with Gasteiger partial charge in [0.05, 0.1) is 0 Å². The average Bonchev–Trinajstić information content (AvgIpc) is 2.43. The molecule has 1 aromatic rings. The molecule has 6 nitrogen and oxygen atoms in total. The number of hydrogen-bond acceptors (Lipinski definition) is 4. The predicted molar refractivity (Wildman–Crippen MR) is 75.2 cm³/mol. The Bertz CT molecular complexity index is 495. The fraction of sp³-hybridized carbons (Fsp3) is 0.500. The molecule has 0 radical (unpaired) electrons. The molecule has 0 atom stereocenters. The lowest BCUT2D eigenvalue weighted by Gasteiger charge is -2.43. The average molecular weight is 276 g/mol. The highest BCUT2D eigenvalue weighted by Gasteiger charge is 2.51. The van der Waals surface area contributed by atoms with E-state index >= 15 is 0 Å². The molecule has 20 heavy (non-hydrogen) atoms. The Kier molecular flexibility index (Phi) is 4.22. The second-order valence-corrected chi connectivity index (χ2v) is 5.44. The monoisotopic (exact) mass is 276 g/mol. The first-order valence-corrected chi connectivity index (χ1v) is 6.73. The summed E-state index contributed by atoms with van der Waals surface area (Å²) in [4.78, 5) is 16.2. The highest BCUT2D eigenvalue weighted by atomic mass is 16.4. The zero-order valence-corrected chi connectivity index (χ0v) is 11.5. The summed E-state index contributed by atoms with van der Waals surface area (Å²) in [6, 6.07) is 3.83. The summed E-state index contributed by atoms with van der Waals surface area (Å²) in [7, 11) is 0. The second kappa shape index (κ2) is 5.90. The topological polar surface area (TPSA) is 101 Å². The fourth-order valence-electron chi connectivity index (χ4n) is 2.78. The fourth-order valence-corrected chi connectivity index (χ4v) is 2.78. The Labute approximate surface area is 118 Å². The zero-order valence-electron chi connectivity index (χ0n) is 11.5. The van der Waals surface area contributed by atoms with Crippen LogP contribution in [0, 0.1) is 11.3 Å². The molecule has 4 N–H and O–H groups in total. The molecule has 0 aromatic carbocycles. The number of amides is 1. The van der Waals surface area contributed by atoms with Crippen LogP contribution in [0.2, 0.25) is 0 Å². The summed E-state index contributed by atoms with van der Waals surface area (Å²) in [5.41, 5.74) is 5.97. The van der Waals surface area contributed by atoms with Gasteiger partial charge < -0.3 is 16.3 Å². The van der Waals surface area contributed by atoms with E-state index in [0.29, 0.717) is 25.3 Å². The van der Waals surface area contributed by atoms with E-state index in [-0.39, 0.29) is 11.7 Å². The van der Waals surface area contributed by atoms with Gasteiger partial charge in [-0.1, -0.05) is 12.1 Å². The summed E-state index contributed by atoms with van der Waals surface area (Å²) in [5.74, 6) is 0.276. The van der Waals surface area contributed by atoms with Crippen LogP contribution in [0.4, 0.5) is 0 Å². The number of pyridine rings is 1. The number of carbonyl (C=O) groups is 1. The zero-order chi connectivity index (χ0) is 14.6. The smallest absolute Gasteiger partial charge is 0.233 e. The van der Waals surface area contributed by atoms with Crippen LogP contribution in [0.25, 0.3) is 0 Å². The number of hydrogen-bond donors (Lipinski definition) is 3. The van der Waals surface area contributed by atoms with Crippen LogP contribution in [0.1, 0.15) is 25.3 Å². The molecule has 0 spiro atoms. The summed E-state index contributed by atoms with van der Waals surface area (Å²) in [6.45, 7) is 2.57. The first-order chi connectivity index (χ1) is 9.58. The maximum absolute atomic E-state index is 12.3. The number of nitrogens with one attached hydrogen (secondary N) is 1. The van der Waals surface area contributed by atoms with E-state index in [9.17, 15) is 4.79 Å². The lowest BCUT2D eigenvalue weighted by Crippen LogP contribution is -2.57. The van der Waals surface area contributed by atoms with Crippen molar-refractivity contribution >= 4 is 11.7 Å². The first kappa shape index (κ1) is 14.3.